The lowest BCUT2D eigenvalue weighted by molar-refractivity contribution is -0.110. The summed E-state index contributed by atoms with van der Waals surface area (Å²) >= 11 is 0. The lowest BCUT2D eigenvalue weighted by Crippen LogP contribution is -2.05. The van der Waals surface area contributed by atoms with Crippen molar-refractivity contribution in [3.05, 3.63) is 47.6 Å². The highest BCUT2D eigenvalue weighted by Crippen LogP contribution is 2.32. The van der Waals surface area contributed by atoms with Crippen molar-refractivity contribution in [2.24, 2.45) is 0 Å². The van der Waals surface area contributed by atoms with Gasteiger partial charge in [0.2, 0.25) is 0 Å². The maximum absolute atomic E-state index is 13.1. The zero-order valence-electron chi connectivity index (χ0n) is 10.0. The van der Waals surface area contributed by atoms with Gasteiger partial charge in [0.1, 0.15) is 11.6 Å². The maximum atomic E-state index is 13.1. The summed E-state index contributed by atoms with van der Waals surface area (Å²) in [4.78, 5) is 11.8. The molecule has 0 saturated carbocycles. The Kier molecular flexibility index (Phi) is 2.56. The third-order valence-corrected chi connectivity index (χ3v) is 2.76. The largest absolute Gasteiger partial charge is 0.360 e. The molecule has 0 spiro atoms. The molecular formula is C13H10FN3O2. The quantitative estimate of drug-likeness (QED) is 0.813. The van der Waals surface area contributed by atoms with Gasteiger partial charge >= 0.3 is 0 Å². The molecule has 1 aromatic carbocycles. The van der Waals surface area contributed by atoms with E-state index in [2.05, 4.69) is 15.8 Å². The van der Waals surface area contributed by atoms with Crippen LogP contribution in [-0.2, 0) is 4.79 Å². The van der Waals surface area contributed by atoms with E-state index >= 15 is 0 Å². The molecule has 0 unspecified atom stereocenters. The molecule has 2 aromatic rings. The number of benzene rings is 1. The summed E-state index contributed by atoms with van der Waals surface area (Å²) in [6, 6.07) is 5.86. The number of halogens is 1. The molecule has 3 rings (SSSR count). The summed E-state index contributed by atoms with van der Waals surface area (Å²) in [5, 5.41) is 9.22. The van der Waals surface area contributed by atoms with E-state index in [-0.39, 0.29) is 11.7 Å². The predicted molar refractivity (Wildman–Crippen MR) is 67.9 cm³/mol. The zero-order chi connectivity index (χ0) is 13.4. The van der Waals surface area contributed by atoms with Gasteiger partial charge in [-0.2, -0.15) is 0 Å². The van der Waals surface area contributed by atoms with Gasteiger partial charge in [0, 0.05) is 17.8 Å². The van der Waals surface area contributed by atoms with Gasteiger partial charge in [0.15, 0.2) is 5.82 Å². The van der Waals surface area contributed by atoms with Crippen molar-refractivity contribution < 1.29 is 13.7 Å². The highest BCUT2D eigenvalue weighted by Gasteiger charge is 2.24. The molecule has 1 aromatic heterocycles. The Morgan fingerprint density at radius 3 is 3.00 bits per heavy atom. The van der Waals surface area contributed by atoms with Crippen molar-refractivity contribution in [2.75, 3.05) is 10.6 Å². The molecule has 0 saturated heterocycles. The van der Waals surface area contributed by atoms with Crippen molar-refractivity contribution >= 4 is 23.0 Å². The Labute approximate surface area is 108 Å². The van der Waals surface area contributed by atoms with Gasteiger partial charge < -0.3 is 15.2 Å². The minimum atomic E-state index is -0.389. The number of nitrogens with one attached hydrogen (secondary N) is 2. The molecule has 0 aliphatic carbocycles. The minimum absolute atomic E-state index is 0.284. The van der Waals surface area contributed by atoms with Crippen LogP contribution in [0.25, 0.3) is 5.57 Å². The van der Waals surface area contributed by atoms with Crippen molar-refractivity contribution in [3.63, 3.8) is 0 Å². The fourth-order valence-electron chi connectivity index (χ4n) is 1.89. The fraction of sp³-hybridized carbons (Fsp3) is 0.0769. The monoisotopic (exact) mass is 259 g/mol. The number of amides is 1. The Morgan fingerprint density at radius 2 is 2.26 bits per heavy atom. The Morgan fingerprint density at radius 1 is 1.42 bits per heavy atom. The van der Waals surface area contributed by atoms with E-state index in [1.54, 1.807) is 19.1 Å². The summed E-state index contributed by atoms with van der Waals surface area (Å²) < 4.78 is 18.0. The number of aryl methyl sites for hydroxylation is 1. The normalized spacial score (nSPS) is 15.5. The van der Waals surface area contributed by atoms with E-state index < -0.39 is 0 Å². The molecule has 19 heavy (non-hydrogen) atoms. The number of carbonyl (C=O) groups excluding carboxylic acids is 1. The predicted octanol–water partition coefficient (Wildman–Crippen LogP) is 2.53. The van der Waals surface area contributed by atoms with Gasteiger partial charge in [-0.25, -0.2) is 4.39 Å². The van der Waals surface area contributed by atoms with Gasteiger partial charge in [0.25, 0.3) is 5.91 Å². The van der Waals surface area contributed by atoms with Crippen LogP contribution in [0.3, 0.4) is 0 Å². The number of carbonyl (C=O) groups is 1. The third-order valence-electron chi connectivity index (χ3n) is 2.76. The lowest BCUT2D eigenvalue weighted by atomic mass is 10.1. The Balaban J connectivity index is 1.91. The summed E-state index contributed by atoms with van der Waals surface area (Å²) in [5.74, 6) is 0.501. The molecule has 1 aliphatic heterocycles. The van der Waals surface area contributed by atoms with Crippen LogP contribution in [0.2, 0.25) is 0 Å². The van der Waals surface area contributed by atoms with E-state index in [1.165, 1.54) is 18.3 Å². The summed E-state index contributed by atoms with van der Waals surface area (Å²) in [6.45, 7) is 1.77. The second kappa shape index (κ2) is 4.24. The molecule has 1 amide bonds. The molecule has 0 atom stereocenters. The Bertz CT molecular complexity index is 691. The van der Waals surface area contributed by atoms with Crippen LogP contribution < -0.4 is 10.6 Å². The number of hydrogen-bond acceptors (Lipinski definition) is 4. The molecule has 96 valence electrons. The van der Waals surface area contributed by atoms with Crippen molar-refractivity contribution in [3.8, 4) is 0 Å². The standard InChI is InChI=1S/C13H10FN3O2/c1-7-4-12(17-19-7)15-6-10-9-3-2-8(14)5-11(9)16-13(10)18/h2-6H,1H3,(H,15,17)(H,16,18). The van der Waals surface area contributed by atoms with Gasteiger partial charge in [-0.15, -0.1) is 0 Å². The van der Waals surface area contributed by atoms with E-state index in [0.29, 0.717) is 28.4 Å². The van der Waals surface area contributed by atoms with Crippen molar-refractivity contribution in [1.29, 1.82) is 0 Å². The van der Waals surface area contributed by atoms with E-state index in [1.807, 2.05) is 0 Å². The highest BCUT2D eigenvalue weighted by molar-refractivity contribution is 6.31. The van der Waals surface area contributed by atoms with Crippen LogP contribution in [0, 0.1) is 12.7 Å². The first-order valence-electron chi connectivity index (χ1n) is 5.65. The smallest absolute Gasteiger partial charge is 0.257 e. The van der Waals surface area contributed by atoms with Crippen LogP contribution in [0.1, 0.15) is 11.3 Å². The number of rotatable bonds is 2. The lowest BCUT2D eigenvalue weighted by Gasteiger charge is -1.98. The van der Waals surface area contributed by atoms with E-state index in [0.717, 1.165) is 0 Å². The highest BCUT2D eigenvalue weighted by atomic mass is 19.1. The molecule has 0 radical (unpaired) electrons. The minimum Gasteiger partial charge on any atom is -0.360 e. The molecule has 0 fully saturated rings. The summed E-state index contributed by atoms with van der Waals surface area (Å²) in [7, 11) is 0. The third kappa shape index (κ3) is 2.08. The maximum Gasteiger partial charge on any atom is 0.257 e. The molecule has 6 heteroatoms. The first-order chi connectivity index (χ1) is 9.13. The first-order valence-corrected chi connectivity index (χ1v) is 5.65. The zero-order valence-corrected chi connectivity index (χ0v) is 10.0. The number of aromatic nitrogens is 1. The number of anilines is 2. The van der Waals surface area contributed by atoms with Crippen LogP contribution in [0.4, 0.5) is 15.9 Å². The summed E-state index contributed by atoms with van der Waals surface area (Å²) in [5.41, 5.74) is 1.55. The number of fused-ring (bicyclic) bond motifs is 1. The van der Waals surface area contributed by atoms with Crippen LogP contribution in [0.5, 0.6) is 0 Å². The summed E-state index contributed by atoms with van der Waals surface area (Å²) in [6.07, 6.45) is 1.52. The first kappa shape index (κ1) is 11.5. The molecule has 2 N–H and O–H groups in total. The van der Waals surface area contributed by atoms with Gasteiger partial charge in [-0.1, -0.05) is 5.16 Å². The van der Waals surface area contributed by atoms with Crippen molar-refractivity contribution in [2.45, 2.75) is 6.92 Å². The topological polar surface area (TPSA) is 67.2 Å². The van der Waals surface area contributed by atoms with Crippen LogP contribution in [0.15, 0.2) is 35.0 Å². The molecule has 1 aliphatic rings. The van der Waals surface area contributed by atoms with Crippen molar-refractivity contribution in [1.82, 2.24) is 5.16 Å². The average molecular weight is 259 g/mol. The van der Waals surface area contributed by atoms with E-state index in [9.17, 15) is 9.18 Å². The SMILES string of the molecule is Cc1cc(NC=C2C(=O)Nc3cc(F)ccc32)no1. The number of nitrogens with zero attached hydrogens (tertiary/aromatic N) is 1. The van der Waals surface area contributed by atoms with Gasteiger partial charge in [0.05, 0.1) is 11.3 Å². The fourth-order valence-corrected chi connectivity index (χ4v) is 1.89. The second-order valence-electron chi connectivity index (χ2n) is 4.17. The molecular weight excluding hydrogens is 249 g/mol. The Hall–Kier alpha value is -2.63. The van der Waals surface area contributed by atoms with Crippen LogP contribution >= 0.6 is 0 Å². The van der Waals surface area contributed by atoms with E-state index in [4.69, 9.17) is 4.52 Å². The second-order valence-corrected chi connectivity index (χ2v) is 4.17. The molecule has 2 heterocycles. The van der Waals surface area contributed by atoms with Gasteiger partial charge in [-0.3, -0.25) is 4.79 Å². The molecule has 5 nitrogen and oxygen atoms in total. The number of hydrogen-bond donors (Lipinski definition) is 2. The van der Waals surface area contributed by atoms with Crippen LogP contribution in [-0.4, -0.2) is 11.1 Å². The van der Waals surface area contributed by atoms with Gasteiger partial charge in [-0.05, 0) is 25.1 Å². The average Bonchev–Trinajstić information content (AvgIpc) is 2.89. The molecule has 0 bridgehead atoms.